The zero-order valence-corrected chi connectivity index (χ0v) is 15.4. The lowest BCUT2D eigenvalue weighted by Gasteiger charge is -2.34. The molecule has 0 spiro atoms. The summed E-state index contributed by atoms with van der Waals surface area (Å²) in [6, 6.07) is 6.26. The zero-order chi connectivity index (χ0) is 18.0. The summed E-state index contributed by atoms with van der Waals surface area (Å²) in [6.07, 6.45) is 1.82. The van der Waals surface area contributed by atoms with Crippen LogP contribution in [0.2, 0.25) is 0 Å². The normalized spacial score (nSPS) is 19.8. The summed E-state index contributed by atoms with van der Waals surface area (Å²) in [4.78, 5) is 3.15. The van der Waals surface area contributed by atoms with Crippen LogP contribution in [-0.2, 0) is 21.5 Å². The van der Waals surface area contributed by atoms with Gasteiger partial charge in [-0.3, -0.25) is 0 Å². The molecule has 2 heterocycles. The lowest BCUT2D eigenvalue weighted by molar-refractivity contribution is 0.116. The van der Waals surface area contributed by atoms with E-state index in [1.807, 2.05) is 0 Å². The number of nitrogens with one attached hydrogen (secondary N) is 1. The van der Waals surface area contributed by atoms with Crippen LogP contribution in [0.3, 0.4) is 0 Å². The molecule has 0 saturated carbocycles. The zero-order valence-electron chi connectivity index (χ0n) is 14.5. The van der Waals surface area contributed by atoms with Crippen molar-refractivity contribution in [3.05, 3.63) is 35.8 Å². The third kappa shape index (κ3) is 4.03. The fourth-order valence-corrected chi connectivity index (χ4v) is 4.83. The summed E-state index contributed by atoms with van der Waals surface area (Å²) >= 11 is 0. The molecule has 0 bridgehead atoms. The van der Waals surface area contributed by atoms with Gasteiger partial charge in [0, 0.05) is 43.8 Å². The first kappa shape index (κ1) is 18.3. The molecule has 8 heteroatoms. The highest BCUT2D eigenvalue weighted by molar-refractivity contribution is 7.86. The second-order valence-corrected chi connectivity index (χ2v) is 8.65. The van der Waals surface area contributed by atoms with E-state index in [0.717, 1.165) is 29.4 Å². The Morgan fingerprint density at radius 3 is 2.96 bits per heavy atom. The van der Waals surface area contributed by atoms with Gasteiger partial charge in [0.25, 0.3) is 10.2 Å². The van der Waals surface area contributed by atoms with Crippen molar-refractivity contribution in [1.29, 1.82) is 0 Å². The molecule has 1 atom stereocenters. The number of piperidine rings is 1. The number of hydrogen-bond acceptors (Lipinski definition) is 3. The summed E-state index contributed by atoms with van der Waals surface area (Å²) in [6.45, 7) is 1.80. The van der Waals surface area contributed by atoms with E-state index < -0.39 is 10.2 Å². The maximum absolute atomic E-state index is 13.3. The van der Waals surface area contributed by atoms with E-state index in [2.05, 4.69) is 4.98 Å². The number of nitrogens with zero attached hydrogens (tertiary/aromatic N) is 2. The van der Waals surface area contributed by atoms with Crippen LogP contribution in [0.1, 0.15) is 18.5 Å². The fraction of sp³-hybridized carbons (Fsp3) is 0.529. The van der Waals surface area contributed by atoms with Crippen LogP contribution in [0.5, 0.6) is 0 Å². The van der Waals surface area contributed by atoms with E-state index in [4.69, 9.17) is 4.74 Å². The molecule has 138 valence electrons. The highest BCUT2D eigenvalue weighted by Gasteiger charge is 2.32. The van der Waals surface area contributed by atoms with E-state index in [9.17, 15) is 12.8 Å². The highest BCUT2D eigenvalue weighted by atomic mass is 32.2. The molecule has 1 saturated heterocycles. The summed E-state index contributed by atoms with van der Waals surface area (Å²) < 4.78 is 47.0. The van der Waals surface area contributed by atoms with Gasteiger partial charge in [0.1, 0.15) is 5.82 Å². The number of aromatic amines is 1. The lowest BCUT2D eigenvalue weighted by Crippen LogP contribution is -2.47. The van der Waals surface area contributed by atoms with E-state index in [1.165, 1.54) is 20.7 Å². The molecule has 6 nitrogen and oxygen atoms in total. The van der Waals surface area contributed by atoms with Crippen molar-refractivity contribution < 1.29 is 17.5 Å². The Kier molecular flexibility index (Phi) is 5.43. The van der Waals surface area contributed by atoms with Gasteiger partial charge >= 0.3 is 0 Å². The van der Waals surface area contributed by atoms with Crippen molar-refractivity contribution >= 4 is 21.1 Å². The predicted octanol–water partition coefficient (Wildman–Crippen LogP) is 2.34. The van der Waals surface area contributed by atoms with E-state index >= 15 is 0 Å². The molecular weight excluding hydrogens is 345 g/mol. The van der Waals surface area contributed by atoms with E-state index in [0.29, 0.717) is 19.7 Å². The Morgan fingerprint density at radius 2 is 2.20 bits per heavy atom. The summed E-state index contributed by atoms with van der Waals surface area (Å²) in [7, 11) is -0.332. The molecule has 0 radical (unpaired) electrons. The molecule has 2 aromatic rings. The smallest absolute Gasteiger partial charge is 0.282 e. The van der Waals surface area contributed by atoms with Gasteiger partial charge in [0.2, 0.25) is 0 Å². The van der Waals surface area contributed by atoms with Gasteiger partial charge in [-0.2, -0.15) is 17.0 Å². The topological polar surface area (TPSA) is 65.6 Å². The maximum atomic E-state index is 13.3. The second kappa shape index (κ2) is 7.41. The van der Waals surface area contributed by atoms with Crippen molar-refractivity contribution in [2.75, 3.05) is 33.9 Å². The average molecular weight is 369 g/mol. The summed E-state index contributed by atoms with van der Waals surface area (Å²) in [5.74, 6) is -0.0745. The number of hydrogen-bond donors (Lipinski definition) is 1. The van der Waals surface area contributed by atoms with E-state index in [-0.39, 0.29) is 18.3 Å². The third-order valence-corrected chi connectivity index (χ3v) is 6.54. The standard InChI is InChI=1S/C17H24FN3O3S/c1-20(11-16-9-14-8-15(18)5-6-17(14)19-16)25(22,23)21-7-3-4-13(10-21)12-24-2/h5-6,8-9,13,19H,3-4,7,10-12H2,1-2H3. The summed E-state index contributed by atoms with van der Waals surface area (Å²) in [5.41, 5.74) is 1.53. The number of halogens is 1. The van der Waals surface area contributed by atoms with Crippen molar-refractivity contribution in [3.63, 3.8) is 0 Å². The average Bonchev–Trinajstić information content (AvgIpc) is 2.96. The Bertz CT molecular complexity index is 835. The van der Waals surface area contributed by atoms with Gasteiger partial charge in [-0.15, -0.1) is 0 Å². The monoisotopic (exact) mass is 369 g/mol. The molecule has 1 aliphatic rings. The first-order valence-electron chi connectivity index (χ1n) is 8.37. The minimum absolute atomic E-state index is 0.212. The van der Waals surface area contributed by atoms with Crippen LogP contribution in [-0.4, -0.2) is 55.9 Å². The molecule has 0 aliphatic carbocycles. The van der Waals surface area contributed by atoms with Crippen molar-refractivity contribution in [1.82, 2.24) is 13.6 Å². The van der Waals surface area contributed by atoms with Gasteiger partial charge in [-0.25, -0.2) is 4.39 Å². The molecule has 1 N–H and O–H groups in total. The van der Waals surface area contributed by atoms with Crippen molar-refractivity contribution in [3.8, 4) is 0 Å². The quantitative estimate of drug-likeness (QED) is 0.850. The molecule has 25 heavy (non-hydrogen) atoms. The van der Waals surface area contributed by atoms with Crippen LogP contribution in [0.15, 0.2) is 24.3 Å². The molecule has 0 amide bonds. The number of H-pyrrole nitrogens is 1. The maximum Gasteiger partial charge on any atom is 0.282 e. The molecule has 3 rings (SSSR count). The predicted molar refractivity (Wildman–Crippen MR) is 94.8 cm³/mol. The minimum atomic E-state index is -3.54. The van der Waals surface area contributed by atoms with Crippen LogP contribution in [0, 0.1) is 11.7 Å². The molecular formula is C17H24FN3O3S. The molecule has 1 fully saturated rings. The number of ether oxygens (including phenoxy) is 1. The Hall–Kier alpha value is -1.48. The number of aromatic nitrogens is 1. The number of benzene rings is 1. The Labute approximate surface area is 147 Å². The third-order valence-electron chi connectivity index (χ3n) is 4.64. The SMILES string of the molecule is COCC1CCCN(S(=O)(=O)N(C)Cc2cc3cc(F)ccc3[nH]2)C1. The Balaban J connectivity index is 1.72. The van der Waals surface area contributed by atoms with Crippen LogP contribution < -0.4 is 0 Å². The van der Waals surface area contributed by atoms with Crippen molar-refractivity contribution in [2.24, 2.45) is 5.92 Å². The number of rotatable bonds is 6. The first-order chi connectivity index (χ1) is 11.9. The highest BCUT2D eigenvalue weighted by Crippen LogP contribution is 2.23. The largest absolute Gasteiger partial charge is 0.384 e. The lowest BCUT2D eigenvalue weighted by atomic mass is 10.0. The number of fused-ring (bicyclic) bond motifs is 1. The van der Waals surface area contributed by atoms with Crippen molar-refractivity contribution in [2.45, 2.75) is 19.4 Å². The van der Waals surface area contributed by atoms with Crippen LogP contribution in [0.4, 0.5) is 4.39 Å². The Morgan fingerprint density at radius 1 is 1.40 bits per heavy atom. The van der Waals surface area contributed by atoms with E-state index in [1.54, 1.807) is 26.3 Å². The van der Waals surface area contributed by atoms with Gasteiger partial charge < -0.3 is 9.72 Å². The molecule has 1 aliphatic heterocycles. The van der Waals surface area contributed by atoms with Crippen LogP contribution >= 0.6 is 0 Å². The van der Waals surface area contributed by atoms with Gasteiger partial charge in [0.15, 0.2) is 0 Å². The fourth-order valence-electron chi connectivity index (χ4n) is 3.38. The second-order valence-electron chi connectivity index (χ2n) is 6.61. The summed E-state index contributed by atoms with van der Waals surface area (Å²) in [5, 5.41) is 0.735. The van der Waals surface area contributed by atoms with Gasteiger partial charge in [-0.1, -0.05) is 0 Å². The molecule has 1 aromatic carbocycles. The van der Waals surface area contributed by atoms with Crippen LogP contribution in [0.25, 0.3) is 10.9 Å². The number of methoxy groups -OCH3 is 1. The first-order valence-corrected chi connectivity index (χ1v) is 9.77. The molecule has 1 aromatic heterocycles. The van der Waals surface area contributed by atoms with Gasteiger partial charge in [0.05, 0.1) is 13.2 Å². The molecule has 1 unspecified atom stereocenters. The minimum Gasteiger partial charge on any atom is -0.384 e. The van der Waals surface area contributed by atoms with Gasteiger partial charge in [-0.05, 0) is 43.0 Å².